The van der Waals surface area contributed by atoms with Gasteiger partial charge in [-0.15, -0.1) is 0 Å². The molecule has 24 heavy (non-hydrogen) atoms. The van der Waals surface area contributed by atoms with Crippen molar-refractivity contribution in [3.63, 3.8) is 0 Å². The third-order valence-electron chi connectivity index (χ3n) is 5.02. The summed E-state index contributed by atoms with van der Waals surface area (Å²) in [4.78, 5) is 2.43. The standard InChI is InChI=1S/C21H23NO2/c1-22-19-11-18(12-20(22)15-23-14-19)17-7-9-21(10-8-17)24-13-16-5-3-2-4-6-16/h2-11,19-20H,12-15H2,1H3. The van der Waals surface area contributed by atoms with E-state index < -0.39 is 0 Å². The van der Waals surface area contributed by atoms with Crippen molar-refractivity contribution in [1.29, 1.82) is 0 Å². The van der Waals surface area contributed by atoms with Crippen LogP contribution in [0.25, 0.3) is 5.57 Å². The second-order valence-corrected chi connectivity index (χ2v) is 6.62. The molecule has 2 atom stereocenters. The van der Waals surface area contributed by atoms with Crippen molar-refractivity contribution in [3.05, 3.63) is 71.8 Å². The number of ether oxygens (including phenoxy) is 2. The van der Waals surface area contributed by atoms with Crippen molar-refractivity contribution in [2.45, 2.75) is 25.1 Å². The van der Waals surface area contributed by atoms with Crippen molar-refractivity contribution in [2.75, 3.05) is 20.3 Å². The lowest BCUT2D eigenvalue weighted by molar-refractivity contribution is -0.0221. The molecule has 4 rings (SSSR count). The smallest absolute Gasteiger partial charge is 0.119 e. The van der Waals surface area contributed by atoms with E-state index in [4.69, 9.17) is 9.47 Å². The number of hydrogen-bond acceptors (Lipinski definition) is 3. The van der Waals surface area contributed by atoms with Gasteiger partial charge in [-0.05, 0) is 42.3 Å². The maximum Gasteiger partial charge on any atom is 0.119 e. The Labute approximate surface area is 143 Å². The van der Waals surface area contributed by atoms with Crippen LogP contribution in [0.5, 0.6) is 5.75 Å². The van der Waals surface area contributed by atoms with Gasteiger partial charge in [0.1, 0.15) is 12.4 Å². The Kier molecular flexibility index (Phi) is 4.37. The van der Waals surface area contributed by atoms with Crippen LogP contribution in [0.3, 0.4) is 0 Å². The molecule has 124 valence electrons. The minimum absolute atomic E-state index is 0.404. The van der Waals surface area contributed by atoms with Crippen molar-refractivity contribution < 1.29 is 9.47 Å². The van der Waals surface area contributed by atoms with Crippen LogP contribution in [0, 0.1) is 0 Å². The molecule has 0 radical (unpaired) electrons. The zero-order valence-corrected chi connectivity index (χ0v) is 14.0. The molecule has 2 aliphatic heterocycles. The summed E-state index contributed by atoms with van der Waals surface area (Å²) in [5.41, 5.74) is 3.92. The van der Waals surface area contributed by atoms with Gasteiger partial charge in [-0.2, -0.15) is 0 Å². The molecule has 0 N–H and O–H groups in total. The van der Waals surface area contributed by atoms with E-state index in [9.17, 15) is 0 Å². The van der Waals surface area contributed by atoms with E-state index in [1.807, 2.05) is 18.2 Å². The van der Waals surface area contributed by atoms with Gasteiger partial charge < -0.3 is 9.47 Å². The fourth-order valence-corrected chi connectivity index (χ4v) is 3.47. The zero-order valence-electron chi connectivity index (χ0n) is 14.0. The molecule has 0 spiro atoms. The molecule has 2 bridgehead atoms. The molecule has 2 aromatic carbocycles. The molecule has 0 aromatic heterocycles. The second-order valence-electron chi connectivity index (χ2n) is 6.62. The van der Waals surface area contributed by atoms with Crippen LogP contribution in [-0.2, 0) is 11.3 Å². The van der Waals surface area contributed by atoms with Gasteiger partial charge in [0.25, 0.3) is 0 Å². The Morgan fingerprint density at radius 3 is 2.58 bits per heavy atom. The Balaban J connectivity index is 1.44. The molecule has 0 saturated carbocycles. The second kappa shape index (κ2) is 6.80. The molecule has 2 heterocycles. The maximum atomic E-state index is 5.88. The maximum absolute atomic E-state index is 5.88. The molecular formula is C21H23NO2. The Morgan fingerprint density at radius 1 is 1.04 bits per heavy atom. The number of rotatable bonds is 4. The first-order valence-electron chi connectivity index (χ1n) is 8.57. The van der Waals surface area contributed by atoms with Gasteiger partial charge in [0, 0.05) is 6.04 Å². The third kappa shape index (κ3) is 3.23. The number of fused-ring (bicyclic) bond motifs is 2. The lowest BCUT2D eigenvalue weighted by atomic mass is 9.90. The molecule has 0 aliphatic carbocycles. The molecule has 3 heteroatoms. The van der Waals surface area contributed by atoms with Crippen LogP contribution in [-0.4, -0.2) is 37.2 Å². The molecule has 2 aromatic rings. The van der Waals surface area contributed by atoms with E-state index >= 15 is 0 Å². The van der Waals surface area contributed by atoms with Crippen LogP contribution in [0.1, 0.15) is 17.5 Å². The Bertz CT molecular complexity index is 708. The summed E-state index contributed by atoms with van der Waals surface area (Å²) >= 11 is 0. The molecular weight excluding hydrogens is 298 g/mol. The summed E-state index contributed by atoms with van der Waals surface area (Å²) in [6, 6.07) is 19.7. The molecule has 2 aliphatic rings. The fourth-order valence-electron chi connectivity index (χ4n) is 3.47. The van der Waals surface area contributed by atoms with Gasteiger partial charge >= 0.3 is 0 Å². The van der Waals surface area contributed by atoms with Crippen LogP contribution < -0.4 is 4.74 Å². The first-order chi connectivity index (χ1) is 11.8. The SMILES string of the molecule is CN1C2C=C(c3ccc(OCc4ccccc4)cc3)CC1COC2. The highest BCUT2D eigenvalue weighted by atomic mass is 16.5. The topological polar surface area (TPSA) is 21.7 Å². The van der Waals surface area contributed by atoms with E-state index in [2.05, 4.69) is 54.4 Å². The highest BCUT2D eigenvalue weighted by Gasteiger charge is 2.32. The van der Waals surface area contributed by atoms with Gasteiger partial charge in [-0.1, -0.05) is 48.5 Å². The molecule has 0 amide bonds. The van der Waals surface area contributed by atoms with Crippen LogP contribution in [0.2, 0.25) is 0 Å². The largest absolute Gasteiger partial charge is 0.489 e. The summed E-state index contributed by atoms with van der Waals surface area (Å²) in [5.74, 6) is 0.916. The Hall–Kier alpha value is -2.10. The fraction of sp³-hybridized carbons (Fsp3) is 0.333. The van der Waals surface area contributed by atoms with E-state index in [0.29, 0.717) is 18.7 Å². The number of hydrogen-bond donors (Lipinski definition) is 0. The van der Waals surface area contributed by atoms with Crippen molar-refractivity contribution in [1.82, 2.24) is 4.90 Å². The van der Waals surface area contributed by atoms with Crippen LogP contribution >= 0.6 is 0 Å². The normalized spacial score (nSPS) is 23.6. The number of likely N-dealkylation sites (N-methyl/N-ethyl adjacent to an activating group) is 1. The summed E-state index contributed by atoms with van der Waals surface area (Å²) < 4.78 is 11.6. The predicted molar refractivity (Wildman–Crippen MR) is 96.0 cm³/mol. The van der Waals surface area contributed by atoms with Crippen molar-refractivity contribution >= 4 is 5.57 Å². The number of morpholine rings is 1. The van der Waals surface area contributed by atoms with E-state index in [0.717, 1.165) is 25.4 Å². The molecule has 3 nitrogen and oxygen atoms in total. The lowest BCUT2D eigenvalue weighted by Gasteiger charge is -2.42. The minimum atomic E-state index is 0.404. The first kappa shape index (κ1) is 15.4. The highest BCUT2D eigenvalue weighted by molar-refractivity contribution is 5.68. The summed E-state index contributed by atoms with van der Waals surface area (Å²) in [6.07, 6.45) is 3.41. The summed E-state index contributed by atoms with van der Waals surface area (Å²) in [7, 11) is 2.20. The van der Waals surface area contributed by atoms with Gasteiger partial charge in [0.15, 0.2) is 0 Å². The van der Waals surface area contributed by atoms with Crippen molar-refractivity contribution in [3.8, 4) is 5.75 Å². The first-order valence-corrected chi connectivity index (χ1v) is 8.57. The van der Waals surface area contributed by atoms with Gasteiger partial charge in [-0.25, -0.2) is 0 Å². The van der Waals surface area contributed by atoms with Gasteiger partial charge in [-0.3, -0.25) is 4.90 Å². The zero-order chi connectivity index (χ0) is 16.4. The monoisotopic (exact) mass is 321 g/mol. The number of benzene rings is 2. The van der Waals surface area contributed by atoms with E-state index in [-0.39, 0.29) is 0 Å². The van der Waals surface area contributed by atoms with Crippen LogP contribution in [0.15, 0.2) is 60.7 Å². The quantitative estimate of drug-likeness (QED) is 0.856. The Morgan fingerprint density at radius 2 is 1.83 bits per heavy atom. The van der Waals surface area contributed by atoms with E-state index in [1.165, 1.54) is 16.7 Å². The molecule has 2 unspecified atom stereocenters. The minimum Gasteiger partial charge on any atom is -0.489 e. The van der Waals surface area contributed by atoms with Gasteiger partial charge in [0.2, 0.25) is 0 Å². The average molecular weight is 321 g/mol. The number of nitrogens with zero attached hydrogens (tertiary/aromatic N) is 1. The highest BCUT2D eigenvalue weighted by Crippen LogP contribution is 2.32. The molecule has 1 saturated heterocycles. The molecule has 1 fully saturated rings. The van der Waals surface area contributed by atoms with Crippen molar-refractivity contribution in [2.24, 2.45) is 0 Å². The predicted octanol–water partition coefficient (Wildman–Crippen LogP) is 3.75. The summed E-state index contributed by atoms with van der Waals surface area (Å²) in [6.45, 7) is 2.24. The third-order valence-corrected chi connectivity index (χ3v) is 5.02. The van der Waals surface area contributed by atoms with E-state index in [1.54, 1.807) is 0 Å². The van der Waals surface area contributed by atoms with Crippen LogP contribution in [0.4, 0.5) is 0 Å². The average Bonchev–Trinajstić information content (AvgIpc) is 2.61. The lowest BCUT2D eigenvalue weighted by Crippen LogP contribution is -2.51. The summed E-state index contributed by atoms with van der Waals surface area (Å²) in [5, 5.41) is 0. The van der Waals surface area contributed by atoms with Gasteiger partial charge in [0.05, 0.1) is 19.3 Å².